The Bertz CT molecular complexity index is 348. The molecule has 0 radical (unpaired) electrons. The van der Waals surface area contributed by atoms with Gasteiger partial charge >= 0.3 is 4.83 Å². The number of alkyl halides is 3. The molecule has 0 spiro atoms. The molecule has 0 aliphatic rings. The molecule has 84 valence electrons. The molecule has 1 N–H and O–H groups in total. The lowest BCUT2D eigenvalue weighted by Crippen LogP contribution is -2.20. The summed E-state index contributed by atoms with van der Waals surface area (Å²) in [7, 11) is 0. The van der Waals surface area contributed by atoms with Crippen LogP contribution in [0.3, 0.4) is 0 Å². The van der Waals surface area contributed by atoms with E-state index in [1.54, 1.807) is 26.0 Å². The van der Waals surface area contributed by atoms with Gasteiger partial charge in [-0.15, -0.1) is 0 Å². The second kappa shape index (κ2) is 4.18. The average Bonchev–Trinajstić information content (AvgIpc) is 1.99. The molecule has 0 aliphatic heterocycles. The molecule has 0 bridgehead atoms. The summed E-state index contributed by atoms with van der Waals surface area (Å²) in [6.07, 6.45) is -1.81. The lowest BCUT2D eigenvalue weighted by molar-refractivity contribution is -0.0301. The van der Waals surface area contributed by atoms with E-state index in [1.165, 1.54) is 0 Å². The van der Waals surface area contributed by atoms with E-state index in [9.17, 15) is 13.9 Å². The Hall–Kier alpha value is -0.480. The second-order valence-corrected chi connectivity index (χ2v) is 4.81. The first-order chi connectivity index (χ1) is 6.73. The lowest BCUT2D eigenvalue weighted by Gasteiger charge is -2.21. The molecule has 0 saturated carbocycles. The number of halogens is 3. The monoisotopic (exact) mass is 278 g/mol. The fourth-order valence-electron chi connectivity index (χ4n) is 1.79. The van der Waals surface area contributed by atoms with Crippen molar-refractivity contribution in [1.82, 2.24) is 0 Å². The molecule has 1 atom stereocenters. The summed E-state index contributed by atoms with van der Waals surface area (Å²) in [6, 6.07) is 3.56. The predicted molar refractivity (Wildman–Crippen MR) is 59.5 cm³/mol. The molecule has 0 fully saturated rings. The second-order valence-electron chi connectivity index (χ2n) is 3.76. The van der Waals surface area contributed by atoms with Crippen LogP contribution in [0.1, 0.15) is 28.4 Å². The van der Waals surface area contributed by atoms with Gasteiger partial charge in [-0.25, -0.2) is 0 Å². The molecule has 1 aromatic carbocycles. The maximum atomic E-state index is 12.9. The van der Waals surface area contributed by atoms with Crippen molar-refractivity contribution in [3.05, 3.63) is 34.4 Å². The molecular weight excluding hydrogens is 266 g/mol. The molecule has 4 heteroatoms. The van der Waals surface area contributed by atoms with E-state index in [4.69, 9.17) is 0 Å². The maximum absolute atomic E-state index is 12.9. The molecule has 0 unspecified atom stereocenters. The van der Waals surface area contributed by atoms with Crippen LogP contribution in [0, 0.1) is 20.8 Å². The zero-order valence-corrected chi connectivity index (χ0v) is 10.4. The number of aliphatic hydroxyl groups excluding tert-OH is 1. The Morgan fingerprint density at radius 1 is 1.20 bits per heavy atom. The largest absolute Gasteiger partial charge is 0.381 e. The summed E-state index contributed by atoms with van der Waals surface area (Å²) in [5.74, 6) is 0. The van der Waals surface area contributed by atoms with Crippen LogP contribution in [0.25, 0.3) is 0 Å². The third kappa shape index (κ3) is 2.75. The Balaban J connectivity index is 3.26. The summed E-state index contributed by atoms with van der Waals surface area (Å²) in [5, 5.41) is 9.51. The van der Waals surface area contributed by atoms with Crippen molar-refractivity contribution in [2.45, 2.75) is 31.7 Å². The average molecular weight is 279 g/mol. The van der Waals surface area contributed by atoms with E-state index in [2.05, 4.69) is 15.9 Å². The highest BCUT2D eigenvalue weighted by Crippen LogP contribution is 2.39. The van der Waals surface area contributed by atoms with Gasteiger partial charge in [-0.1, -0.05) is 17.7 Å². The Kier molecular flexibility index (Phi) is 3.51. The number of hydrogen-bond acceptors (Lipinski definition) is 1. The van der Waals surface area contributed by atoms with Crippen molar-refractivity contribution in [3.63, 3.8) is 0 Å². The topological polar surface area (TPSA) is 20.2 Å². The number of hydrogen-bond donors (Lipinski definition) is 1. The molecule has 15 heavy (non-hydrogen) atoms. The molecule has 0 saturated heterocycles. The van der Waals surface area contributed by atoms with Gasteiger partial charge in [-0.05, 0) is 53.4 Å². The number of rotatable bonds is 2. The summed E-state index contributed by atoms with van der Waals surface area (Å²) in [6.45, 7) is 5.33. The minimum atomic E-state index is -3.29. The van der Waals surface area contributed by atoms with Crippen LogP contribution < -0.4 is 0 Å². The summed E-state index contributed by atoms with van der Waals surface area (Å²) >= 11 is 2.18. The zero-order valence-electron chi connectivity index (χ0n) is 8.81. The van der Waals surface area contributed by atoms with Gasteiger partial charge in [-0.3, -0.25) is 0 Å². The Morgan fingerprint density at radius 3 is 1.93 bits per heavy atom. The Morgan fingerprint density at radius 2 is 1.60 bits per heavy atom. The minimum Gasteiger partial charge on any atom is -0.381 e. The third-order valence-electron chi connectivity index (χ3n) is 2.32. The summed E-state index contributed by atoms with van der Waals surface area (Å²) in [4.78, 5) is -3.29. The van der Waals surface area contributed by atoms with Gasteiger partial charge in [0.25, 0.3) is 0 Å². The zero-order chi connectivity index (χ0) is 11.8. The predicted octanol–water partition coefficient (Wildman–Crippen LogP) is 3.63. The van der Waals surface area contributed by atoms with Crippen LogP contribution in [0.5, 0.6) is 0 Å². The molecule has 0 amide bonds. The first kappa shape index (κ1) is 12.6. The van der Waals surface area contributed by atoms with Crippen LogP contribution >= 0.6 is 15.9 Å². The van der Waals surface area contributed by atoms with Crippen LogP contribution in [0.4, 0.5) is 8.78 Å². The van der Waals surface area contributed by atoms with E-state index in [0.717, 1.165) is 5.56 Å². The molecular formula is C11H13BrF2O. The van der Waals surface area contributed by atoms with Crippen LogP contribution in [0.15, 0.2) is 12.1 Å². The first-order valence-electron chi connectivity index (χ1n) is 4.56. The first-order valence-corrected chi connectivity index (χ1v) is 5.35. The van der Waals surface area contributed by atoms with Gasteiger partial charge in [-0.2, -0.15) is 8.78 Å². The van der Waals surface area contributed by atoms with E-state index in [0.29, 0.717) is 16.7 Å². The molecule has 0 aromatic heterocycles. The van der Waals surface area contributed by atoms with Gasteiger partial charge in [0.2, 0.25) is 0 Å². The lowest BCUT2D eigenvalue weighted by atomic mass is 9.96. The number of aryl methyl sites for hydroxylation is 3. The van der Waals surface area contributed by atoms with Gasteiger partial charge in [0.05, 0.1) is 0 Å². The summed E-state index contributed by atoms with van der Waals surface area (Å²) < 4.78 is 25.9. The van der Waals surface area contributed by atoms with Gasteiger partial charge in [0.1, 0.15) is 0 Å². The minimum absolute atomic E-state index is 0.294. The molecule has 0 aliphatic carbocycles. The molecule has 1 nitrogen and oxygen atoms in total. The molecule has 1 aromatic rings. The van der Waals surface area contributed by atoms with Gasteiger partial charge in [0.15, 0.2) is 6.10 Å². The molecule has 0 heterocycles. The highest BCUT2D eigenvalue weighted by molar-refractivity contribution is 9.10. The van der Waals surface area contributed by atoms with Crippen LogP contribution in [0.2, 0.25) is 0 Å². The van der Waals surface area contributed by atoms with Crippen molar-refractivity contribution < 1.29 is 13.9 Å². The van der Waals surface area contributed by atoms with Crippen molar-refractivity contribution in [1.29, 1.82) is 0 Å². The van der Waals surface area contributed by atoms with Gasteiger partial charge < -0.3 is 5.11 Å². The van der Waals surface area contributed by atoms with Crippen molar-refractivity contribution >= 4 is 15.9 Å². The fraction of sp³-hybridized carbons (Fsp3) is 0.455. The highest BCUT2D eigenvalue weighted by atomic mass is 79.9. The highest BCUT2D eigenvalue weighted by Gasteiger charge is 2.37. The van der Waals surface area contributed by atoms with Crippen molar-refractivity contribution in [2.24, 2.45) is 0 Å². The van der Waals surface area contributed by atoms with Crippen molar-refractivity contribution in [3.8, 4) is 0 Å². The third-order valence-corrected chi connectivity index (χ3v) is 2.76. The van der Waals surface area contributed by atoms with Crippen LogP contribution in [-0.2, 0) is 0 Å². The quantitative estimate of drug-likeness (QED) is 0.819. The van der Waals surface area contributed by atoms with E-state index in [1.807, 2.05) is 6.92 Å². The number of benzene rings is 1. The standard InChI is InChI=1S/C11H13BrF2O/c1-6-4-7(2)9(8(3)5-6)10(15)11(12,13)14/h4-5,10,15H,1-3H3/t10-/m0/s1. The van der Waals surface area contributed by atoms with E-state index < -0.39 is 10.9 Å². The Labute approximate surface area is 96.2 Å². The van der Waals surface area contributed by atoms with Crippen LogP contribution in [-0.4, -0.2) is 9.94 Å². The van der Waals surface area contributed by atoms with E-state index >= 15 is 0 Å². The maximum Gasteiger partial charge on any atom is 0.330 e. The van der Waals surface area contributed by atoms with Gasteiger partial charge in [0, 0.05) is 0 Å². The molecule has 1 rings (SSSR count). The number of aliphatic hydroxyl groups is 1. The normalized spacial score (nSPS) is 14.1. The smallest absolute Gasteiger partial charge is 0.330 e. The summed E-state index contributed by atoms with van der Waals surface area (Å²) in [5.41, 5.74) is 2.65. The fourth-order valence-corrected chi connectivity index (χ4v) is 2.02. The van der Waals surface area contributed by atoms with E-state index in [-0.39, 0.29) is 0 Å². The van der Waals surface area contributed by atoms with Crippen molar-refractivity contribution in [2.75, 3.05) is 0 Å². The SMILES string of the molecule is Cc1cc(C)c([C@H](O)C(F)(F)Br)c(C)c1.